The normalized spacial score (nSPS) is 19.4. The molecule has 116 valence electrons. The van der Waals surface area contributed by atoms with Crippen LogP contribution < -0.4 is 0 Å². The number of aromatic nitrogens is 1. The summed E-state index contributed by atoms with van der Waals surface area (Å²) in [4.78, 5) is 4.09. The van der Waals surface area contributed by atoms with Gasteiger partial charge in [0, 0.05) is 18.8 Å². The molecular formula is C16H17ClN2O2S. The maximum atomic E-state index is 12.8. The van der Waals surface area contributed by atoms with Crippen molar-refractivity contribution in [2.24, 2.45) is 0 Å². The molecule has 0 bridgehead atoms. The van der Waals surface area contributed by atoms with E-state index in [2.05, 4.69) is 4.98 Å². The van der Waals surface area contributed by atoms with Gasteiger partial charge in [0.1, 0.15) is 10.0 Å². The molecule has 4 nitrogen and oxygen atoms in total. The van der Waals surface area contributed by atoms with Crippen molar-refractivity contribution in [2.75, 3.05) is 6.54 Å². The van der Waals surface area contributed by atoms with Crippen LogP contribution >= 0.6 is 11.6 Å². The second kappa shape index (κ2) is 6.36. The fraction of sp³-hybridized carbons (Fsp3) is 0.312. The molecule has 0 aliphatic carbocycles. The summed E-state index contributed by atoms with van der Waals surface area (Å²) in [5.74, 6) is 0. The van der Waals surface area contributed by atoms with Crippen LogP contribution in [0.15, 0.2) is 53.6 Å². The minimum absolute atomic E-state index is 0.00285. The summed E-state index contributed by atoms with van der Waals surface area (Å²) >= 11 is 5.74. The highest BCUT2D eigenvalue weighted by Gasteiger charge is 2.35. The van der Waals surface area contributed by atoms with E-state index in [1.807, 2.05) is 30.3 Å². The third-order valence-electron chi connectivity index (χ3n) is 3.94. The van der Waals surface area contributed by atoms with Crippen LogP contribution in [-0.2, 0) is 16.4 Å². The van der Waals surface area contributed by atoms with Crippen molar-refractivity contribution in [3.63, 3.8) is 0 Å². The SMILES string of the molecule is O=S(=O)(c1ccc(Cl)nc1)N1CCCC1Cc1ccccc1. The predicted octanol–water partition coefficient (Wildman–Crippen LogP) is 3.13. The molecular weight excluding hydrogens is 320 g/mol. The van der Waals surface area contributed by atoms with E-state index in [4.69, 9.17) is 11.6 Å². The summed E-state index contributed by atoms with van der Waals surface area (Å²) in [7, 11) is -3.51. The summed E-state index contributed by atoms with van der Waals surface area (Å²) in [5.41, 5.74) is 1.16. The maximum absolute atomic E-state index is 12.8. The Hall–Kier alpha value is -1.43. The third-order valence-corrected chi connectivity index (χ3v) is 6.10. The van der Waals surface area contributed by atoms with Gasteiger partial charge in [0.15, 0.2) is 0 Å². The highest BCUT2D eigenvalue weighted by atomic mass is 35.5. The van der Waals surface area contributed by atoms with E-state index in [1.54, 1.807) is 4.31 Å². The zero-order valence-electron chi connectivity index (χ0n) is 12.0. The molecule has 0 saturated carbocycles. The van der Waals surface area contributed by atoms with Gasteiger partial charge in [-0.05, 0) is 37.0 Å². The number of benzene rings is 1. The smallest absolute Gasteiger partial charge is 0.243 e. The van der Waals surface area contributed by atoms with Gasteiger partial charge in [0.05, 0.1) is 0 Å². The topological polar surface area (TPSA) is 50.3 Å². The van der Waals surface area contributed by atoms with Gasteiger partial charge in [-0.1, -0.05) is 41.9 Å². The lowest BCUT2D eigenvalue weighted by Crippen LogP contribution is -2.36. The largest absolute Gasteiger partial charge is 0.244 e. The Labute approximate surface area is 135 Å². The minimum atomic E-state index is -3.51. The number of rotatable bonds is 4. The monoisotopic (exact) mass is 336 g/mol. The second-order valence-electron chi connectivity index (χ2n) is 5.42. The van der Waals surface area contributed by atoms with Crippen molar-refractivity contribution in [1.82, 2.24) is 9.29 Å². The molecule has 1 aromatic heterocycles. The van der Waals surface area contributed by atoms with Crippen LogP contribution in [0.3, 0.4) is 0 Å². The number of pyridine rings is 1. The minimum Gasteiger partial charge on any atom is -0.243 e. The van der Waals surface area contributed by atoms with Gasteiger partial charge in [-0.15, -0.1) is 0 Å². The number of sulfonamides is 1. The van der Waals surface area contributed by atoms with Crippen molar-refractivity contribution in [2.45, 2.75) is 30.2 Å². The van der Waals surface area contributed by atoms with Crippen LogP contribution in [0.25, 0.3) is 0 Å². The Bertz CT molecular complexity index is 733. The molecule has 0 N–H and O–H groups in total. The molecule has 1 saturated heterocycles. The standard InChI is InChI=1S/C16H17ClN2O2S/c17-16-9-8-15(12-18-16)22(20,21)19-10-4-7-14(19)11-13-5-2-1-3-6-13/h1-3,5-6,8-9,12,14H,4,7,10-11H2. The van der Waals surface area contributed by atoms with E-state index >= 15 is 0 Å². The van der Waals surface area contributed by atoms with Crippen molar-refractivity contribution < 1.29 is 8.42 Å². The molecule has 0 radical (unpaired) electrons. The number of nitrogens with zero attached hydrogens (tertiary/aromatic N) is 2. The first kappa shape index (κ1) is 15.5. The molecule has 22 heavy (non-hydrogen) atoms. The average Bonchev–Trinajstić information content (AvgIpc) is 2.98. The summed E-state index contributed by atoms with van der Waals surface area (Å²) in [5, 5.41) is 0.293. The molecule has 2 aromatic rings. The maximum Gasteiger partial charge on any atom is 0.244 e. The van der Waals surface area contributed by atoms with Gasteiger partial charge in [-0.25, -0.2) is 13.4 Å². The van der Waals surface area contributed by atoms with Crippen LogP contribution in [0.4, 0.5) is 0 Å². The van der Waals surface area contributed by atoms with E-state index in [0.717, 1.165) is 24.8 Å². The quantitative estimate of drug-likeness (QED) is 0.806. The predicted molar refractivity (Wildman–Crippen MR) is 86.3 cm³/mol. The Morgan fingerprint density at radius 1 is 1.18 bits per heavy atom. The molecule has 2 heterocycles. The van der Waals surface area contributed by atoms with Crippen molar-refractivity contribution in [3.8, 4) is 0 Å². The molecule has 1 aromatic carbocycles. The molecule has 0 spiro atoms. The van der Waals surface area contributed by atoms with Crippen LogP contribution in [0.1, 0.15) is 18.4 Å². The molecule has 1 atom stereocenters. The first-order valence-electron chi connectivity index (χ1n) is 7.25. The molecule has 1 aliphatic heterocycles. The Morgan fingerprint density at radius 2 is 1.95 bits per heavy atom. The second-order valence-corrected chi connectivity index (χ2v) is 7.70. The molecule has 1 unspecified atom stereocenters. The zero-order valence-corrected chi connectivity index (χ0v) is 13.6. The lowest BCUT2D eigenvalue weighted by molar-refractivity contribution is 0.385. The average molecular weight is 337 g/mol. The number of hydrogen-bond acceptors (Lipinski definition) is 3. The molecule has 6 heteroatoms. The summed E-state index contributed by atoms with van der Waals surface area (Å²) in [6, 6.07) is 13.0. The molecule has 1 fully saturated rings. The van der Waals surface area contributed by atoms with E-state index in [-0.39, 0.29) is 10.9 Å². The van der Waals surface area contributed by atoms with Gasteiger partial charge in [-0.2, -0.15) is 4.31 Å². The number of halogens is 1. The summed E-state index contributed by atoms with van der Waals surface area (Å²) in [6.07, 6.45) is 3.84. The van der Waals surface area contributed by atoms with E-state index in [0.29, 0.717) is 11.7 Å². The van der Waals surface area contributed by atoms with Crippen LogP contribution in [-0.4, -0.2) is 30.3 Å². The Balaban J connectivity index is 1.84. The first-order valence-corrected chi connectivity index (χ1v) is 9.06. The van der Waals surface area contributed by atoms with Crippen LogP contribution in [0, 0.1) is 0 Å². The van der Waals surface area contributed by atoms with E-state index < -0.39 is 10.0 Å². The van der Waals surface area contributed by atoms with Crippen molar-refractivity contribution in [1.29, 1.82) is 0 Å². The van der Waals surface area contributed by atoms with Gasteiger partial charge in [0.25, 0.3) is 0 Å². The summed E-state index contributed by atoms with van der Waals surface area (Å²) < 4.78 is 27.2. The first-order chi connectivity index (χ1) is 10.6. The van der Waals surface area contributed by atoms with Crippen LogP contribution in [0.2, 0.25) is 5.15 Å². The van der Waals surface area contributed by atoms with Gasteiger partial charge < -0.3 is 0 Å². The van der Waals surface area contributed by atoms with Crippen molar-refractivity contribution >= 4 is 21.6 Å². The highest BCUT2D eigenvalue weighted by molar-refractivity contribution is 7.89. The fourth-order valence-electron chi connectivity index (χ4n) is 2.87. The third kappa shape index (κ3) is 3.16. The van der Waals surface area contributed by atoms with Gasteiger partial charge in [-0.3, -0.25) is 0 Å². The lowest BCUT2D eigenvalue weighted by atomic mass is 10.1. The molecule has 3 rings (SSSR count). The zero-order chi connectivity index (χ0) is 15.6. The van der Waals surface area contributed by atoms with E-state index in [1.165, 1.54) is 18.3 Å². The molecule has 1 aliphatic rings. The Kier molecular flexibility index (Phi) is 4.47. The summed E-state index contributed by atoms with van der Waals surface area (Å²) in [6.45, 7) is 0.558. The molecule has 0 amide bonds. The van der Waals surface area contributed by atoms with Gasteiger partial charge in [0.2, 0.25) is 10.0 Å². The van der Waals surface area contributed by atoms with E-state index in [9.17, 15) is 8.42 Å². The fourth-order valence-corrected chi connectivity index (χ4v) is 4.62. The van der Waals surface area contributed by atoms with Gasteiger partial charge >= 0.3 is 0 Å². The highest BCUT2D eigenvalue weighted by Crippen LogP contribution is 2.28. The van der Waals surface area contributed by atoms with Crippen molar-refractivity contribution in [3.05, 3.63) is 59.4 Å². The Morgan fingerprint density at radius 3 is 2.64 bits per heavy atom. The lowest BCUT2D eigenvalue weighted by Gasteiger charge is -2.24. The number of hydrogen-bond donors (Lipinski definition) is 0. The van der Waals surface area contributed by atoms with Crippen LogP contribution in [0.5, 0.6) is 0 Å².